The number of hydrogen-bond donors (Lipinski definition) is 3. The molecule has 2 aromatic rings. The monoisotopic (exact) mass is 330 g/mol. The normalized spacial score (nSPS) is 9.38. The summed E-state index contributed by atoms with van der Waals surface area (Å²) in [5, 5.41) is 25.5. The van der Waals surface area contributed by atoms with Gasteiger partial charge in [-0.3, -0.25) is 4.79 Å². The van der Waals surface area contributed by atoms with E-state index in [1.807, 2.05) is 0 Å². The third kappa shape index (κ3) is 5.38. The van der Waals surface area contributed by atoms with Crippen LogP contribution in [-0.2, 0) is 0 Å². The summed E-state index contributed by atoms with van der Waals surface area (Å²) in [4.78, 5) is 41.9. The van der Waals surface area contributed by atoms with Crippen LogP contribution in [0.2, 0.25) is 0 Å². The summed E-state index contributed by atoms with van der Waals surface area (Å²) in [6.07, 6.45) is 0. The van der Waals surface area contributed by atoms with Gasteiger partial charge in [0.25, 0.3) is 0 Å². The fourth-order valence-electron chi connectivity index (χ4n) is 1.63. The number of benzene rings is 2. The zero-order chi connectivity index (χ0) is 18.3. The Morgan fingerprint density at radius 1 is 0.625 bits per heavy atom. The van der Waals surface area contributed by atoms with E-state index in [1.54, 1.807) is 0 Å². The maximum absolute atomic E-state index is 10.8. The SMILES string of the molecule is CC(=O)c1ccc(C(=O)O)cc1.O=C(O)c1cccc(C(=O)O)c1. The first-order chi connectivity index (χ1) is 11.2. The molecule has 3 N–H and O–H groups in total. The van der Waals surface area contributed by atoms with Crippen LogP contribution >= 0.6 is 0 Å². The smallest absolute Gasteiger partial charge is 0.335 e. The Kier molecular flexibility index (Phi) is 6.37. The minimum Gasteiger partial charge on any atom is -0.478 e. The lowest BCUT2D eigenvalue weighted by Gasteiger charge is -1.95. The molecule has 0 aliphatic heterocycles. The van der Waals surface area contributed by atoms with Gasteiger partial charge < -0.3 is 15.3 Å². The Morgan fingerprint density at radius 2 is 1.00 bits per heavy atom. The van der Waals surface area contributed by atoms with E-state index in [9.17, 15) is 19.2 Å². The summed E-state index contributed by atoms with van der Waals surface area (Å²) in [6, 6.07) is 11.0. The molecule has 24 heavy (non-hydrogen) atoms. The first-order valence-electron chi connectivity index (χ1n) is 6.63. The highest BCUT2D eigenvalue weighted by atomic mass is 16.4. The maximum atomic E-state index is 10.8. The Labute approximate surface area is 136 Å². The molecule has 0 saturated heterocycles. The highest BCUT2D eigenvalue weighted by molar-refractivity contribution is 5.95. The molecule has 0 aromatic heterocycles. The van der Waals surface area contributed by atoms with Gasteiger partial charge in [-0.1, -0.05) is 18.2 Å². The molecule has 0 atom stereocenters. The van der Waals surface area contributed by atoms with Crippen molar-refractivity contribution in [3.63, 3.8) is 0 Å². The van der Waals surface area contributed by atoms with Crippen LogP contribution in [0.3, 0.4) is 0 Å². The predicted molar refractivity (Wildman–Crippen MR) is 83.8 cm³/mol. The lowest BCUT2D eigenvalue weighted by molar-refractivity contribution is 0.0682. The summed E-state index contributed by atoms with van der Waals surface area (Å²) in [5.41, 5.74) is 0.685. The van der Waals surface area contributed by atoms with Crippen molar-refractivity contribution in [2.24, 2.45) is 0 Å². The molecule has 7 heteroatoms. The molecule has 0 radical (unpaired) electrons. The topological polar surface area (TPSA) is 129 Å². The number of carboxylic acid groups (broad SMARTS) is 3. The van der Waals surface area contributed by atoms with Crippen LogP contribution < -0.4 is 0 Å². The standard InChI is InChI=1S/C9H8O3.C8H6O4/c1-6(10)7-2-4-8(5-3-7)9(11)12;9-7(10)5-2-1-3-6(4-5)8(11)12/h2-5H,1H3,(H,11,12);1-4H,(H,9,10)(H,11,12). The molecular weight excluding hydrogens is 316 g/mol. The first kappa shape index (κ1) is 18.6. The summed E-state index contributed by atoms with van der Waals surface area (Å²) in [6.45, 7) is 1.44. The van der Waals surface area contributed by atoms with Crippen LogP contribution in [0.15, 0.2) is 48.5 Å². The average molecular weight is 330 g/mol. The fraction of sp³-hybridized carbons (Fsp3) is 0.0588. The molecule has 2 rings (SSSR count). The van der Waals surface area contributed by atoms with Crippen LogP contribution in [0.25, 0.3) is 0 Å². The number of ketones is 1. The third-order valence-corrected chi connectivity index (χ3v) is 2.89. The van der Waals surface area contributed by atoms with Gasteiger partial charge in [-0.15, -0.1) is 0 Å². The number of aromatic carboxylic acids is 3. The molecule has 0 saturated carbocycles. The van der Waals surface area contributed by atoms with Crippen LogP contribution in [0.1, 0.15) is 48.4 Å². The van der Waals surface area contributed by atoms with Crippen LogP contribution in [0, 0.1) is 0 Å². The second kappa shape index (κ2) is 8.23. The largest absolute Gasteiger partial charge is 0.478 e. The van der Waals surface area contributed by atoms with Crippen molar-refractivity contribution in [1.29, 1.82) is 0 Å². The molecule has 0 unspecified atom stereocenters. The number of carbonyl (C=O) groups is 4. The molecule has 2 aromatic carbocycles. The van der Waals surface area contributed by atoms with Crippen molar-refractivity contribution in [1.82, 2.24) is 0 Å². The minimum absolute atomic E-state index is 0.0186. The summed E-state index contributed by atoms with van der Waals surface area (Å²) in [7, 11) is 0. The Bertz CT molecular complexity index is 714. The number of Topliss-reactive ketones (excluding diaryl/α,β-unsaturated/α-hetero) is 1. The highest BCUT2D eigenvalue weighted by Crippen LogP contribution is 2.05. The molecule has 7 nitrogen and oxygen atoms in total. The second-order valence-electron chi connectivity index (χ2n) is 4.63. The van der Waals surface area contributed by atoms with E-state index in [4.69, 9.17) is 15.3 Å². The Hall–Kier alpha value is -3.48. The lowest BCUT2D eigenvalue weighted by Crippen LogP contribution is -2.01. The number of rotatable bonds is 4. The van der Waals surface area contributed by atoms with Crippen molar-refractivity contribution in [3.05, 3.63) is 70.8 Å². The van der Waals surface area contributed by atoms with Gasteiger partial charge in [-0.25, -0.2) is 14.4 Å². The molecular formula is C17H14O7. The zero-order valence-corrected chi connectivity index (χ0v) is 12.6. The molecule has 0 heterocycles. The van der Waals surface area contributed by atoms with E-state index < -0.39 is 17.9 Å². The number of hydrogen-bond acceptors (Lipinski definition) is 4. The quantitative estimate of drug-likeness (QED) is 0.735. The second-order valence-corrected chi connectivity index (χ2v) is 4.63. The zero-order valence-electron chi connectivity index (χ0n) is 12.6. The van der Waals surface area contributed by atoms with E-state index in [-0.39, 0.29) is 22.5 Å². The molecule has 0 aliphatic carbocycles. The van der Waals surface area contributed by atoms with Gasteiger partial charge in [0.1, 0.15) is 0 Å². The maximum Gasteiger partial charge on any atom is 0.335 e. The lowest BCUT2D eigenvalue weighted by atomic mass is 10.1. The summed E-state index contributed by atoms with van der Waals surface area (Å²) in [5.74, 6) is -3.30. The summed E-state index contributed by atoms with van der Waals surface area (Å²) >= 11 is 0. The molecule has 0 amide bonds. The van der Waals surface area contributed by atoms with Crippen molar-refractivity contribution in [2.45, 2.75) is 6.92 Å². The predicted octanol–water partition coefficient (Wildman–Crippen LogP) is 2.67. The number of carboxylic acids is 3. The van der Waals surface area contributed by atoms with Gasteiger partial charge in [0.05, 0.1) is 16.7 Å². The van der Waals surface area contributed by atoms with Crippen LogP contribution in [0.4, 0.5) is 0 Å². The van der Waals surface area contributed by atoms with Gasteiger partial charge in [0, 0.05) is 5.56 Å². The minimum atomic E-state index is -1.13. The Morgan fingerprint density at radius 3 is 1.33 bits per heavy atom. The molecule has 0 fully saturated rings. The molecule has 124 valence electrons. The molecule has 0 bridgehead atoms. The van der Waals surface area contributed by atoms with E-state index >= 15 is 0 Å². The van der Waals surface area contributed by atoms with Crippen molar-refractivity contribution >= 4 is 23.7 Å². The van der Waals surface area contributed by atoms with Crippen LogP contribution in [-0.4, -0.2) is 39.0 Å². The van der Waals surface area contributed by atoms with E-state index in [2.05, 4.69) is 0 Å². The first-order valence-corrected chi connectivity index (χ1v) is 6.63. The van der Waals surface area contributed by atoms with Gasteiger partial charge in [0.2, 0.25) is 0 Å². The van der Waals surface area contributed by atoms with Crippen molar-refractivity contribution < 1.29 is 34.5 Å². The summed E-state index contributed by atoms with van der Waals surface area (Å²) < 4.78 is 0. The third-order valence-electron chi connectivity index (χ3n) is 2.89. The van der Waals surface area contributed by atoms with Crippen LogP contribution in [0.5, 0.6) is 0 Å². The van der Waals surface area contributed by atoms with Crippen molar-refractivity contribution in [2.75, 3.05) is 0 Å². The van der Waals surface area contributed by atoms with Crippen molar-refractivity contribution in [3.8, 4) is 0 Å². The van der Waals surface area contributed by atoms with E-state index in [1.165, 1.54) is 49.4 Å². The van der Waals surface area contributed by atoms with E-state index in [0.29, 0.717) is 5.56 Å². The Balaban J connectivity index is 0.000000240. The van der Waals surface area contributed by atoms with Gasteiger partial charge >= 0.3 is 17.9 Å². The number of carbonyl (C=O) groups excluding carboxylic acids is 1. The molecule has 0 aliphatic rings. The van der Waals surface area contributed by atoms with Gasteiger partial charge in [-0.2, -0.15) is 0 Å². The highest BCUT2D eigenvalue weighted by Gasteiger charge is 2.06. The average Bonchev–Trinajstić information content (AvgIpc) is 2.55. The molecule has 0 spiro atoms. The fourth-order valence-corrected chi connectivity index (χ4v) is 1.63. The van der Waals surface area contributed by atoms with Gasteiger partial charge in [-0.05, 0) is 37.3 Å². The van der Waals surface area contributed by atoms with Gasteiger partial charge in [0.15, 0.2) is 5.78 Å². The van der Waals surface area contributed by atoms with E-state index in [0.717, 1.165) is 6.07 Å².